The van der Waals surface area contributed by atoms with Gasteiger partial charge in [0.2, 0.25) is 0 Å². The van der Waals surface area contributed by atoms with Gasteiger partial charge in [-0.3, -0.25) is 14.6 Å². The second-order valence-electron chi connectivity index (χ2n) is 6.93. The number of aromatic nitrogens is 1. The second-order valence-corrected chi connectivity index (χ2v) is 6.93. The van der Waals surface area contributed by atoms with Gasteiger partial charge < -0.3 is 0 Å². The van der Waals surface area contributed by atoms with Crippen molar-refractivity contribution in [2.24, 2.45) is 17.3 Å². The van der Waals surface area contributed by atoms with E-state index in [1.807, 2.05) is 39.1 Å². The third-order valence-electron chi connectivity index (χ3n) is 4.26. The number of hydrogen-bond acceptors (Lipinski definition) is 3. The zero-order valence-electron chi connectivity index (χ0n) is 12.7. The summed E-state index contributed by atoms with van der Waals surface area (Å²) in [4.78, 5) is 28.2. The summed E-state index contributed by atoms with van der Waals surface area (Å²) in [6.07, 6.45) is 4.86. The number of carbonyl (C=O) groups excluding carboxylic acids is 2. The quantitative estimate of drug-likeness (QED) is 0.826. The molecule has 0 spiro atoms. The van der Waals surface area contributed by atoms with Crippen LogP contribution in [-0.2, 0) is 9.59 Å². The second kappa shape index (κ2) is 5.47. The van der Waals surface area contributed by atoms with E-state index in [1.165, 1.54) is 0 Å². The van der Waals surface area contributed by atoms with E-state index in [1.54, 1.807) is 13.1 Å². The molecule has 1 heterocycles. The van der Waals surface area contributed by atoms with Gasteiger partial charge in [0.15, 0.2) is 0 Å². The van der Waals surface area contributed by atoms with Crippen LogP contribution in [0.15, 0.2) is 24.5 Å². The average molecular weight is 273 g/mol. The number of hydrogen-bond donors (Lipinski definition) is 0. The summed E-state index contributed by atoms with van der Waals surface area (Å²) in [5.41, 5.74) is 0.987. The summed E-state index contributed by atoms with van der Waals surface area (Å²) in [5, 5.41) is 0. The highest BCUT2D eigenvalue weighted by molar-refractivity contribution is 5.90. The maximum atomic E-state index is 12.4. The minimum absolute atomic E-state index is 0.0865. The standard InChI is InChI=1S/C17H23NO2/c1-11(19)15(17(2,3)4)9-16(20)14-8-13(14)12-6-5-7-18-10-12/h5-7,10,13-15H,8-9H2,1-4H3/t13-,14?,15-/m1/s1. The Bertz CT molecular complexity index is 501. The van der Waals surface area contributed by atoms with Crippen LogP contribution in [0.2, 0.25) is 0 Å². The minimum atomic E-state index is -0.176. The molecule has 20 heavy (non-hydrogen) atoms. The van der Waals surface area contributed by atoms with E-state index in [-0.39, 0.29) is 28.8 Å². The molecule has 3 atom stereocenters. The van der Waals surface area contributed by atoms with Gasteiger partial charge >= 0.3 is 0 Å². The zero-order chi connectivity index (χ0) is 14.9. The molecular formula is C17H23NO2. The lowest BCUT2D eigenvalue weighted by Crippen LogP contribution is -2.29. The lowest BCUT2D eigenvalue weighted by Gasteiger charge is -2.28. The first-order valence-electron chi connectivity index (χ1n) is 7.23. The van der Waals surface area contributed by atoms with Gasteiger partial charge in [0.25, 0.3) is 0 Å². The number of ketones is 2. The van der Waals surface area contributed by atoms with Gasteiger partial charge in [-0.2, -0.15) is 0 Å². The van der Waals surface area contributed by atoms with E-state index in [9.17, 15) is 9.59 Å². The highest BCUT2D eigenvalue weighted by Gasteiger charge is 2.45. The Morgan fingerprint density at radius 3 is 2.60 bits per heavy atom. The summed E-state index contributed by atoms with van der Waals surface area (Å²) in [7, 11) is 0. The Hall–Kier alpha value is -1.51. The van der Waals surface area contributed by atoms with Crippen molar-refractivity contribution >= 4 is 11.6 Å². The minimum Gasteiger partial charge on any atom is -0.300 e. The smallest absolute Gasteiger partial charge is 0.137 e. The van der Waals surface area contributed by atoms with Crippen molar-refractivity contribution in [1.82, 2.24) is 4.98 Å². The monoisotopic (exact) mass is 273 g/mol. The maximum Gasteiger partial charge on any atom is 0.137 e. The molecule has 2 rings (SSSR count). The van der Waals surface area contributed by atoms with E-state index in [0.717, 1.165) is 12.0 Å². The molecule has 1 aromatic heterocycles. The van der Waals surface area contributed by atoms with Gasteiger partial charge in [-0.15, -0.1) is 0 Å². The molecule has 1 saturated carbocycles. The van der Waals surface area contributed by atoms with E-state index in [2.05, 4.69) is 4.98 Å². The normalized spacial score (nSPS) is 23.2. The molecule has 0 saturated heterocycles. The molecule has 1 aliphatic rings. The Morgan fingerprint density at radius 1 is 1.40 bits per heavy atom. The zero-order valence-corrected chi connectivity index (χ0v) is 12.7. The average Bonchev–Trinajstić information content (AvgIpc) is 3.15. The van der Waals surface area contributed by atoms with Crippen molar-refractivity contribution in [2.75, 3.05) is 0 Å². The van der Waals surface area contributed by atoms with Gasteiger partial charge in [-0.25, -0.2) is 0 Å². The van der Waals surface area contributed by atoms with Gasteiger partial charge in [-0.1, -0.05) is 26.8 Å². The highest BCUT2D eigenvalue weighted by Crippen LogP contribution is 2.49. The van der Waals surface area contributed by atoms with Crippen molar-refractivity contribution < 1.29 is 9.59 Å². The molecule has 0 N–H and O–H groups in total. The molecule has 0 radical (unpaired) electrons. The number of Topliss-reactive ketones (excluding diaryl/α,β-unsaturated/α-hetero) is 2. The van der Waals surface area contributed by atoms with Gasteiger partial charge in [0, 0.05) is 30.7 Å². The molecule has 0 bridgehead atoms. The summed E-state index contributed by atoms with van der Waals surface area (Å²) in [5.74, 6) is 0.565. The van der Waals surface area contributed by atoms with Crippen LogP contribution in [-0.4, -0.2) is 16.6 Å². The van der Waals surface area contributed by atoms with Gasteiger partial charge in [-0.05, 0) is 36.3 Å². The lowest BCUT2D eigenvalue weighted by molar-refractivity contribution is -0.130. The molecular weight excluding hydrogens is 250 g/mol. The maximum absolute atomic E-state index is 12.4. The summed E-state index contributed by atoms with van der Waals surface area (Å²) in [6.45, 7) is 7.67. The molecule has 1 unspecified atom stereocenters. The third kappa shape index (κ3) is 3.33. The molecule has 1 aromatic rings. The predicted octanol–water partition coefficient (Wildman–Crippen LogP) is 3.40. The number of pyridine rings is 1. The number of nitrogens with zero attached hydrogens (tertiary/aromatic N) is 1. The molecule has 0 aliphatic heterocycles. The highest BCUT2D eigenvalue weighted by atomic mass is 16.1. The molecule has 0 aromatic carbocycles. The number of carbonyl (C=O) groups is 2. The van der Waals surface area contributed by atoms with Crippen LogP contribution >= 0.6 is 0 Å². The first-order chi connectivity index (χ1) is 9.30. The van der Waals surface area contributed by atoms with Crippen molar-refractivity contribution in [3.8, 4) is 0 Å². The first kappa shape index (κ1) is 14.9. The SMILES string of the molecule is CC(=O)[C@@H](CC(=O)C1C[C@@H]1c1cccnc1)C(C)(C)C. The van der Waals surface area contributed by atoms with Gasteiger partial charge in [0.05, 0.1) is 0 Å². The fourth-order valence-corrected chi connectivity index (χ4v) is 2.93. The van der Waals surface area contributed by atoms with Crippen LogP contribution in [0.4, 0.5) is 0 Å². The molecule has 3 heteroatoms. The molecule has 1 aliphatic carbocycles. The van der Waals surface area contributed by atoms with Crippen molar-refractivity contribution in [1.29, 1.82) is 0 Å². The first-order valence-corrected chi connectivity index (χ1v) is 7.23. The largest absolute Gasteiger partial charge is 0.300 e. The summed E-state index contributed by atoms with van der Waals surface area (Å²) >= 11 is 0. The fraction of sp³-hybridized carbons (Fsp3) is 0.588. The Morgan fingerprint density at radius 2 is 2.10 bits per heavy atom. The van der Waals surface area contributed by atoms with Crippen LogP contribution in [0.5, 0.6) is 0 Å². The van der Waals surface area contributed by atoms with Crippen molar-refractivity contribution in [3.63, 3.8) is 0 Å². The van der Waals surface area contributed by atoms with Crippen molar-refractivity contribution in [2.45, 2.75) is 46.5 Å². The van der Waals surface area contributed by atoms with E-state index in [0.29, 0.717) is 12.3 Å². The van der Waals surface area contributed by atoms with E-state index < -0.39 is 0 Å². The van der Waals surface area contributed by atoms with Gasteiger partial charge in [0.1, 0.15) is 11.6 Å². The molecule has 3 nitrogen and oxygen atoms in total. The Kier molecular flexibility index (Phi) is 4.07. The fourth-order valence-electron chi connectivity index (χ4n) is 2.93. The van der Waals surface area contributed by atoms with Crippen LogP contribution in [0.25, 0.3) is 0 Å². The van der Waals surface area contributed by atoms with E-state index >= 15 is 0 Å². The van der Waals surface area contributed by atoms with Crippen LogP contribution in [0.1, 0.15) is 52.0 Å². The predicted molar refractivity (Wildman–Crippen MR) is 78.3 cm³/mol. The van der Waals surface area contributed by atoms with Crippen LogP contribution in [0.3, 0.4) is 0 Å². The van der Waals surface area contributed by atoms with Crippen molar-refractivity contribution in [3.05, 3.63) is 30.1 Å². The molecule has 0 amide bonds. The van der Waals surface area contributed by atoms with E-state index in [4.69, 9.17) is 0 Å². The van der Waals surface area contributed by atoms with Crippen LogP contribution < -0.4 is 0 Å². The summed E-state index contributed by atoms with van der Waals surface area (Å²) in [6, 6.07) is 3.93. The Balaban J connectivity index is 1.99. The lowest BCUT2D eigenvalue weighted by atomic mass is 9.75. The number of rotatable bonds is 5. The molecule has 108 valence electrons. The molecule has 1 fully saturated rings. The Labute approximate surface area is 120 Å². The topological polar surface area (TPSA) is 47.0 Å². The summed E-state index contributed by atoms with van der Waals surface area (Å²) < 4.78 is 0. The third-order valence-corrected chi connectivity index (χ3v) is 4.26. The van der Waals surface area contributed by atoms with Crippen LogP contribution in [0, 0.1) is 17.3 Å².